The van der Waals surface area contributed by atoms with Crippen LogP contribution in [0.15, 0.2) is 24.3 Å². The van der Waals surface area contributed by atoms with Crippen LogP contribution in [0.3, 0.4) is 0 Å². The Morgan fingerprint density at radius 1 is 1.43 bits per heavy atom. The highest BCUT2D eigenvalue weighted by Crippen LogP contribution is 2.61. The molecule has 1 saturated carbocycles. The van der Waals surface area contributed by atoms with Gasteiger partial charge in [-0.3, -0.25) is 4.79 Å². The molecule has 0 radical (unpaired) electrons. The van der Waals surface area contributed by atoms with Crippen molar-refractivity contribution in [2.45, 2.75) is 31.2 Å². The van der Waals surface area contributed by atoms with Crippen molar-refractivity contribution < 1.29 is 9.53 Å². The Kier molecular flexibility index (Phi) is 2.96. The van der Waals surface area contributed by atoms with Gasteiger partial charge in [0.1, 0.15) is 5.75 Å². The lowest BCUT2D eigenvalue weighted by Crippen LogP contribution is -2.53. The van der Waals surface area contributed by atoms with Crippen molar-refractivity contribution in [3.63, 3.8) is 0 Å². The average molecular weight is 286 g/mol. The topological polar surface area (TPSA) is 41.6 Å². The lowest BCUT2D eigenvalue weighted by atomic mass is 9.87. The van der Waals surface area contributed by atoms with E-state index in [-0.39, 0.29) is 11.3 Å². The van der Waals surface area contributed by atoms with Crippen LogP contribution in [0.4, 0.5) is 0 Å². The quantitative estimate of drug-likeness (QED) is 0.851. The van der Waals surface area contributed by atoms with E-state index in [0.29, 0.717) is 11.9 Å². The molecule has 1 spiro atoms. The lowest BCUT2D eigenvalue weighted by molar-refractivity contribution is -0.136. The second-order valence-electron chi connectivity index (χ2n) is 6.59. The average Bonchev–Trinajstić information content (AvgIpc) is 3.22. The van der Waals surface area contributed by atoms with Gasteiger partial charge in [0, 0.05) is 42.6 Å². The summed E-state index contributed by atoms with van der Waals surface area (Å²) < 4.78 is 5.76. The number of carbonyl (C=O) groups is 1. The van der Waals surface area contributed by atoms with E-state index in [1.54, 1.807) is 0 Å². The molecule has 1 aromatic carbocycles. The molecule has 21 heavy (non-hydrogen) atoms. The summed E-state index contributed by atoms with van der Waals surface area (Å²) in [5.74, 6) is 1.48. The van der Waals surface area contributed by atoms with Crippen LogP contribution in [0, 0.1) is 5.92 Å². The van der Waals surface area contributed by atoms with Crippen LogP contribution in [-0.4, -0.2) is 43.1 Å². The van der Waals surface area contributed by atoms with Gasteiger partial charge in [-0.05, 0) is 25.8 Å². The summed E-state index contributed by atoms with van der Waals surface area (Å²) in [4.78, 5) is 15.0. The monoisotopic (exact) mass is 286 g/mol. The normalized spacial score (nSPS) is 34.2. The number of ether oxygens (including phenoxy) is 1. The van der Waals surface area contributed by atoms with Gasteiger partial charge in [0.25, 0.3) is 0 Å². The highest BCUT2D eigenvalue weighted by atomic mass is 16.5. The van der Waals surface area contributed by atoms with Crippen LogP contribution in [0.2, 0.25) is 0 Å². The van der Waals surface area contributed by atoms with Crippen molar-refractivity contribution in [1.82, 2.24) is 10.2 Å². The number of nitrogens with one attached hydrogen (secondary N) is 1. The fourth-order valence-corrected chi connectivity index (χ4v) is 4.05. The van der Waals surface area contributed by atoms with Crippen LogP contribution in [0.1, 0.15) is 25.3 Å². The van der Waals surface area contributed by atoms with Gasteiger partial charge in [0.05, 0.1) is 6.61 Å². The van der Waals surface area contributed by atoms with Crippen LogP contribution in [-0.2, 0) is 10.2 Å². The molecule has 4 rings (SSSR count). The van der Waals surface area contributed by atoms with E-state index in [1.165, 1.54) is 5.56 Å². The minimum absolute atomic E-state index is 0.0521. The summed E-state index contributed by atoms with van der Waals surface area (Å²) in [7, 11) is 0. The third-order valence-corrected chi connectivity index (χ3v) is 5.39. The molecule has 112 valence electrons. The summed E-state index contributed by atoms with van der Waals surface area (Å²) in [6.45, 7) is 5.53. The van der Waals surface area contributed by atoms with Gasteiger partial charge >= 0.3 is 0 Å². The maximum absolute atomic E-state index is 12.9. The van der Waals surface area contributed by atoms with E-state index in [2.05, 4.69) is 29.3 Å². The summed E-state index contributed by atoms with van der Waals surface area (Å²) in [6, 6.07) is 8.55. The van der Waals surface area contributed by atoms with Crippen molar-refractivity contribution in [3.8, 4) is 5.75 Å². The standard InChI is InChI=1S/C17H22N2O2/c1-12-11-18-7-8-19(12)16(20)14-10-17(14)6-9-21-15-5-3-2-4-13(15)17/h2-5,12,14,18H,6-11H2,1H3/t12-,14?,17?/m1/s1. The molecule has 1 N–H and O–H groups in total. The molecular weight excluding hydrogens is 264 g/mol. The molecule has 1 saturated heterocycles. The number of piperazine rings is 1. The first-order valence-electron chi connectivity index (χ1n) is 7.96. The first-order valence-corrected chi connectivity index (χ1v) is 7.96. The highest BCUT2D eigenvalue weighted by molar-refractivity contribution is 5.85. The van der Waals surface area contributed by atoms with Gasteiger partial charge in [-0.1, -0.05) is 18.2 Å². The number of nitrogens with zero attached hydrogens (tertiary/aromatic N) is 1. The van der Waals surface area contributed by atoms with E-state index < -0.39 is 0 Å². The van der Waals surface area contributed by atoms with E-state index in [9.17, 15) is 4.79 Å². The summed E-state index contributed by atoms with van der Waals surface area (Å²) >= 11 is 0. The van der Waals surface area contributed by atoms with E-state index in [0.717, 1.165) is 44.8 Å². The number of hydrogen-bond acceptors (Lipinski definition) is 3. The Hall–Kier alpha value is -1.55. The van der Waals surface area contributed by atoms with Gasteiger partial charge in [-0.2, -0.15) is 0 Å². The molecule has 2 fully saturated rings. The zero-order chi connectivity index (χ0) is 14.4. The molecule has 0 aromatic heterocycles. The number of benzene rings is 1. The second-order valence-corrected chi connectivity index (χ2v) is 6.59. The molecule has 2 heterocycles. The number of para-hydroxylation sites is 1. The third-order valence-electron chi connectivity index (χ3n) is 5.39. The Morgan fingerprint density at radius 3 is 3.14 bits per heavy atom. The van der Waals surface area contributed by atoms with Gasteiger partial charge in [0.15, 0.2) is 0 Å². The van der Waals surface area contributed by atoms with E-state index >= 15 is 0 Å². The summed E-state index contributed by atoms with van der Waals surface area (Å²) in [6.07, 6.45) is 1.96. The fraction of sp³-hybridized carbons (Fsp3) is 0.588. The minimum Gasteiger partial charge on any atom is -0.493 e. The van der Waals surface area contributed by atoms with Crippen molar-refractivity contribution in [3.05, 3.63) is 29.8 Å². The molecule has 2 aliphatic heterocycles. The van der Waals surface area contributed by atoms with Crippen LogP contribution >= 0.6 is 0 Å². The van der Waals surface area contributed by atoms with Crippen molar-refractivity contribution >= 4 is 5.91 Å². The summed E-state index contributed by atoms with van der Waals surface area (Å²) in [5.41, 5.74) is 1.30. The van der Waals surface area contributed by atoms with Crippen molar-refractivity contribution in [2.24, 2.45) is 5.92 Å². The number of amides is 1. The molecule has 1 aromatic rings. The summed E-state index contributed by atoms with van der Waals surface area (Å²) in [5, 5.41) is 3.35. The molecule has 2 unspecified atom stereocenters. The Labute approximate surface area is 125 Å². The maximum Gasteiger partial charge on any atom is 0.226 e. The predicted molar refractivity (Wildman–Crippen MR) is 80.4 cm³/mol. The SMILES string of the molecule is C[C@@H]1CNCCN1C(=O)C1CC12CCOc1ccccc12. The van der Waals surface area contributed by atoms with E-state index in [4.69, 9.17) is 4.74 Å². The second kappa shape index (κ2) is 4.73. The highest BCUT2D eigenvalue weighted by Gasteiger charge is 2.62. The number of carbonyl (C=O) groups excluding carboxylic acids is 1. The zero-order valence-corrected chi connectivity index (χ0v) is 12.5. The van der Waals surface area contributed by atoms with Crippen molar-refractivity contribution in [1.29, 1.82) is 0 Å². The first kappa shape index (κ1) is 13.1. The Morgan fingerprint density at radius 2 is 2.29 bits per heavy atom. The zero-order valence-electron chi connectivity index (χ0n) is 12.5. The van der Waals surface area contributed by atoms with E-state index in [1.807, 2.05) is 12.1 Å². The molecular formula is C17H22N2O2. The van der Waals surface area contributed by atoms with Crippen LogP contribution in [0.5, 0.6) is 5.75 Å². The van der Waals surface area contributed by atoms with Crippen LogP contribution < -0.4 is 10.1 Å². The number of hydrogen-bond donors (Lipinski definition) is 1. The molecule has 3 aliphatic rings. The first-order chi connectivity index (χ1) is 10.2. The molecule has 3 atom stereocenters. The van der Waals surface area contributed by atoms with Gasteiger partial charge in [-0.15, -0.1) is 0 Å². The Bertz CT molecular complexity index is 574. The van der Waals surface area contributed by atoms with Crippen LogP contribution in [0.25, 0.3) is 0 Å². The molecule has 1 amide bonds. The van der Waals surface area contributed by atoms with Crippen molar-refractivity contribution in [2.75, 3.05) is 26.2 Å². The Balaban J connectivity index is 1.59. The number of fused-ring (bicyclic) bond motifs is 2. The molecule has 4 heteroatoms. The third kappa shape index (κ3) is 1.96. The van der Waals surface area contributed by atoms with Gasteiger partial charge in [-0.25, -0.2) is 0 Å². The molecule has 1 aliphatic carbocycles. The molecule has 4 nitrogen and oxygen atoms in total. The smallest absolute Gasteiger partial charge is 0.226 e. The lowest BCUT2D eigenvalue weighted by Gasteiger charge is -2.35. The number of rotatable bonds is 1. The maximum atomic E-state index is 12.9. The van der Waals surface area contributed by atoms with Gasteiger partial charge < -0.3 is 15.0 Å². The minimum atomic E-state index is 0.0521. The largest absolute Gasteiger partial charge is 0.493 e. The van der Waals surface area contributed by atoms with Gasteiger partial charge in [0.2, 0.25) is 5.91 Å². The molecule has 0 bridgehead atoms. The predicted octanol–water partition coefficient (Wildman–Crippen LogP) is 1.55. The fourth-order valence-electron chi connectivity index (χ4n) is 4.05.